The zero-order valence-electron chi connectivity index (χ0n) is 45.6. The number of nitro groups is 1. The van der Waals surface area contributed by atoms with E-state index in [1.54, 1.807) is 0 Å². The second kappa shape index (κ2) is 30.6. The lowest BCUT2D eigenvalue weighted by molar-refractivity contribution is -0.397. The molecule has 7 aliphatic heterocycles. The summed E-state index contributed by atoms with van der Waals surface area (Å²) in [6.45, 7) is -7.06. The number of hydrogen-bond acceptors (Lipinski definition) is 38. The van der Waals surface area contributed by atoms with E-state index >= 15 is 0 Å². The molecular formula is C48H74ClNO38. The van der Waals surface area contributed by atoms with E-state index < -0.39 is 272 Å². The van der Waals surface area contributed by atoms with Crippen molar-refractivity contribution < 1.29 is 184 Å². The lowest BCUT2D eigenvalue weighted by Gasteiger charge is -2.50. The highest BCUT2D eigenvalue weighted by Gasteiger charge is 2.59. The molecule has 506 valence electrons. The molecule has 88 heavy (non-hydrogen) atoms. The van der Waals surface area contributed by atoms with Gasteiger partial charge >= 0.3 is 0 Å². The standard InChI is InChI=1S/C48H74ClNO38/c49-12-3-11(50(73)74)1-2-13(12)75-42-30(67)23(60)36(15(5-52)77-42)84-44-32(69)25(62)38(17(7-54)79-44)86-46-34(71)27(64)40(19(9-56)81-46)88-48-35(72)28(65)41(20(10-57)82-48)87-47-33(70)26(63)39(18(8-55)80-47)85-45-31(68)24(61)37(16(6-53)78-45)83-43-29(66)22(59)21(58)14(4-51)76-43/h1-3,14-48,51-72H,4-10H2/t14-,15-,16-,17-,18-,19-,20-,21-,22+,23-,24-,25-,26-,27-,28-,29-,30-,31-,32-,33-,34-,35-,36-,37-,38-,39-,40-,41-,42-,43-,44-,45-,46-,47-,48-/m1/s1. The lowest BCUT2D eigenvalue weighted by atomic mass is 9.95. The van der Waals surface area contributed by atoms with Gasteiger partial charge in [0.15, 0.2) is 37.7 Å². The van der Waals surface area contributed by atoms with Crippen LogP contribution in [0, 0.1) is 10.1 Å². The number of non-ortho nitro benzene ring substituents is 1. The summed E-state index contributed by atoms with van der Waals surface area (Å²) in [5.74, 6) is -0.233. The molecular weight excluding hydrogens is 1230 g/mol. The molecule has 0 spiro atoms. The first-order chi connectivity index (χ1) is 41.8. The third-order valence-electron chi connectivity index (χ3n) is 15.9. The molecule has 0 unspecified atom stereocenters. The molecule has 40 heteroatoms. The quantitative estimate of drug-likeness (QED) is 0.0379. The topological polar surface area (TPSA) is 617 Å². The largest absolute Gasteiger partial charge is 0.460 e. The van der Waals surface area contributed by atoms with Crippen LogP contribution in [0.1, 0.15) is 0 Å². The average Bonchev–Trinajstić information content (AvgIpc) is 1.24. The van der Waals surface area contributed by atoms with Gasteiger partial charge in [-0.15, -0.1) is 0 Å². The maximum atomic E-state index is 11.4. The molecule has 0 aliphatic carbocycles. The fourth-order valence-electron chi connectivity index (χ4n) is 10.9. The zero-order valence-corrected chi connectivity index (χ0v) is 46.3. The summed E-state index contributed by atoms with van der Waals surface area (Å²) >= 11 is 6.08. The smallest absolute Gasteiger partial charge is 0.271 e. The highest BCUT2D eigenvalue weighted by Crippen LogP contribution is 2.39. The van der Waals surface area contributed by atoms with Crippen molar-refractivity contribution in [1.82, 2.24) is 0 Å². The first kappa shape index (κ1) is 71.2. The predicted octanol–water partition coefficient (Wildman–Crippen LogP) is -13.6. The van der Waals surface area contributed by atoms with Crippen LogP contribution in [0.3, 0.4) is 0 Å². The molecule has 0 saturated carbocycles. The van der Waals surface area contributed by atoms with Gasteiger partial charge in [-0.3, -0.25) is 10.1 Å². The van der Waals surface area contributed by atoms with Gasteiger partial charge in [0.2, 0.25) is 6.29 Å². The Kier molecular flexibility index (Phi) is 24.7. The molecule has 39 nitrogen and oxygen atoms in total. The van der Waals surface area contributed by atoms with Crippen LogP contribution in [-0.2, 0) is 61.6 Å². The molecule has 7 fully saturated rings. The number of benzene rings is 1. The third-order valence-corrected chi connectivity index (χ3v) is 16.2. The Bertz CT molecular complexity index is 2350. The fourth-order valence-corrected chi connectivity index (χ4v) is 11.1. The second-order valence-corrected chi connectivity index (χ2v) is 21.9. The van der Waals surface area contributed by atoms with Crippen LogP contribution in [0.15, 0.2) is 18.2 Å². The first-order valence-electron chi connectivity index (χ1n) is 27.4. The molecule has 7 aliphatic rings. The van der Waals surface area contributed by atoms with Crippen molar-refractivity contribution in [1.29, 1.82) is 0 Å². The molecule has 0 bridgehead atoms. The molecule has 0 aromatic heterocycles. The van der Waals surface area contributed by atoms with Gasteiger partial charge in [-0.25, -0.2) is 0 Å². The number of hydrogen-bond donors (Lipinski definition) is 22. The third kappa shape index (κ3) is 14.6. The van der Waals surface area contributed by atoms with Gasteiger partial charge in [-0.1, -0.05) is 11.6 Å². The maximum Gasteiger partial charge on any atom is 0.271 e. The number of nitrogens with zero attached hydrogens (tertiary/aromatic N) is 1. The molecule has 7 saturated heterocycles. The molecule has 22 N–H and O–H groups in total. The van der Waals surface area contributed by atoms with Crippen molar-refractivity contribution in [3.05, 3.63) is 33.3 Å². The van der Waals surface area contributed by atoms with Gasteiger partial charge in [0.05, 0.1) is 56.2 Å². The number of rotatable bonds is 22. The van der Waals surface area contributed by atoms with Crippen LogP contribution in [0.5, 0.6) is 5.75 Å². The van der Waals surface area contributed by atoms with E-state index in [0.29, 0.717) is 0 Å². The van der Waals surface area contributed by atoms with Gasteiger partial charge in [0, 0.05) is 12.1 Å². The normalized spacial score (nSPS) is 48.6. The van der Waals surface area contributed by atoms with E-state index in [4.69, 9.17) is 77.9 Å². The summed E-state index contributed by atoms with van der Waals surface area (Å²) < 4.78 is 78.5. The molecule has 1 aromatic rings. The number of nitro benzene ring substituents is 1. The predicted molar refractivity (Wildman–Crippen MR) is 268 cm³/mol. The highest BCUT2D eigenvalue weighted by molar-refractivity contribution is 6.32. The van der Waals surface area contributed by atoms with E-state index in [-0.39, 0.29) is 10.8 Å². The number of ether oxygens (including phenoxy) is 14. The van der Waals surface area contributed by atoms with Gasteiger partial charge in [-0.2, -0.15) is 0 Å². The summed E-state index contributed by atoms with van der Waals surface area (Å²) in [6, 6.07) is 3.04. The van der Waals surface area contributed by atoms with Crippen molar-refractivity contribution in [2.45, 2.75) is 215 Å². The molecule has 0 amide bonds. The average molecular weight is 1310 g/mol. The zero-order chi connectivity index (χ0) is 64.5. The summed E-state index contributed by atoms with van der Waals surface area (Å²) in [6.07, 6.45) is -68.4. The van der Waals surface area contributed by atoms with E-state index in [1.165, 1.54) is 0 Å². The van der Waals surface area contributed by atoms with Crippen LogP contribution in [0.2, 0.25) is 5.02 Å². The van der Waals surface area contributed by atoms with Gasteiger partial charge in [0.1, 0.15) is 177 Å². The highest BCUT2D eigenvalue weighted by atomic mass is 35.5. The van der Waals surface area contributed by atoms with Crippen molar-refractivity contribution in [2.24, 2.45) is 0 Å². The Morgan fingerprint density at radius 2 is 0.568 bits per heavy atom. The fraction of sp³-hybridized carbons (Fsp3) is 0.875. The van der Waals surface area contributed by atoms with Crippen LogP contribution in [0.4, 0.5) is 5.69 Å². The minimum absolute atomic E-state index is 0.233. The van der Waals surface area contributed by atoms with Crippen LogP contribution in [-0.4, -0.2) is 378 Å². The van der Waals surface area contributed by atoms with Crippen LogP contribution in [0.25, 0.3) is 0 Å². The van der Waals surface area contributed by atoms with Crippen LogP contribution < -0.4 is 4.74 Å². The SMILES string of the molecule is O=[N+]([O-])c1ccc(O[C@@H]2O[C@H](CO)[C@@H](O[C@H]3O[C@H](CO)[C@@H](O[C@H]4O[C@H](CO)[C@@H](O[C@H]5O[C@H](CO)[C@@H](O[C@H]6O[C@H](CO)[C@@H](O[C@H]7O[C@H](CO)[C@@H](O[C@H]8O[C@H](CO)[C@@H](O)[C@H](O)[C@H]8O)[C@H](O)[C@H]7O)[C@H](O)[C@H]6O)[C@H](O)[C@H]5O)[C@H](O)[C@H]4O)[C@H](O)[C@H]3O)[C@H](O)[C@H]2O)c(Cl)c1. The van der Waals surface area contributed by atoms with Crippen molar-refractivity contribution in [3.8, 4) is 5.75 Å². The molecule has 0 radical (unpaired) electrons. The maximum absolute atomic E-state index is 11.4. The Labute approximate surface area is 500 Å². The van der Waals surface area contributed by atoms with Gasteiger partial charge in [-0.05, 0) is 6.07 Å². The summed E-state index contributed by atoms with van der Waals surface area (Å²) in [5, 5.41) is 247. The van der Waals surface area contributed by atoms with E-state index in [2.05, 4.69) is 0 Å². The lowest BCUT2D eigenvalue weighted by Crippen LogP contribution is -2.68. The number of halogens is 1. The van der Waals surface area contributed by atoms with Gasteiger partial charge in [0.25, 0.3) is 5.69 Å². The Morgan fingerprint density at radius 1 is 0.341 bits per heavy atom. The number of aliphatic hydroxyl groups is 22. The summed E-state index contributed by atoms with van der Waals surface area (Å²) in [7, 11) is 0. The first-order valence-corrected chi connectivity index (χ1v) is 27.7. The van der Waals surface area contributed by atoms with Gasteiger partial charge < -0.3 is 179 Å². The summed E-state index contributed by atoms with van der Waals surface area (Å²) in [4.78, 5) is 10.4. The Morgan fingerprint density at radius 3 is 0.807 bits per heavy atom. The molecule has 8 rings (SSSR count). The minimum Gasteiger partial charge on any atom is -0.460 e. The van der Waals surface area contributed by atoms with Crippen LogP contribution >= 0.6 is 11.6 Å². The number of aliphatic hydroxyl groups excluding tert-OH is 22. The summed E-state index contributed by atoms with van der Waals surface area (Å²) in [5.41, 5.74) is -0.404. The van der Waals surface area contributed by atoms with Crippen molar-refractivity contribution >= 4 is 17.3 Å². The minimum atomic E-state index is -2.25. The van der Waals surface area contributed by atoms with E-state index in [1.807, 2.05) is 0 Å². The second-order valence-electron chi connectivity index (χ2n) is 21.5. The van der Waals surface area contributed by atoms with Crippen molar-refractivity contribution in [2.75, 3.05) is 46.2 Å². The Hall–Kier alpha value is -2.69. The van der Waals surface area contributed by atoms with Crippen molar-refractivity contribution in [3.63, 3.8) is 0 Å². The van der Waals surface area contributed by atoms with E-state index in [0.717, 1.165) is 18.2 Å². The Balaban J connectivity index is 0.851. The molecule has 1 aromatic carbocycles. The molecule has 7 heterocycles. The van der Waals surface area contributed by atoms with E-state index in [9.17, 15) is 122 Å². The molecule has 35 atom stereocenters. The monoisotopic (exact) mass is 1310 g/mol.